The fourth-order valence-electron chi connectivity index (χ4n) is 2.58. The van der Waals surface area contributed by atoms with Crippen molar-refractivity contribution in [2.75, 3.05) is 11.9 Å². The molecule has 0 bridgehead atoms. The van der Waals surface area contributed by atoms with Gasteiger partial charge >= 0.3 is 0 Å². The molecular weight excluding hydrogens is 377 g/mol. The topological polar surface area (TPSA) is 29.1 Å². The summed E-state index contributed by atoms with van der Waals surface area (Å²) in [4.78, 5) is 12.0. The summed E-state index contributed by atoms with van der Waals surface area (Å²) in [6.45, 7) is 0.665. The SMILES string of the molecule is O=C(NCC1CCCC1CBr)c1cc(F)ccc1Br. The van der Waals surface area contributed by atoms with Gasteiger partial charge in [-0.3, -0.25) is 4.79 Å². The molecule has 1 aliphatic rings. The summed E-state index contributed by atoms with van der Waals surface area (Å²) in [5.41, 5.74) is 0.355. The van der Waals surface area contributed by atoms with Crippen LogP contribution in [0.2, 0.25) is 0 Å². The van der Waals surface area contributed by atoms with Gasteiger partial charge in [-0.1, -0.05) is 22.4 Å². The number of carbonyl (C=O) groups excluding carboxylic acids is 1. The van der Waals surface area contributed by atoms with Gasteiger partial charge in [0.2, 0.25) is 0 Å². The minimum atomic E-state index is -0.396. The third kappa shape index (κ3) is 3.78. The van der Waals surface area contributed by atoms with E-state index < -0.39 is 5.82 Å². The summed E-state index contributed by atoms with van der Waals surface area (Å²) < 4.78 is 13.8. The maximum Gasteiger partial charge on any atom is 0.252 e. The van der Waals surface area contributed by atoms with E-state index in [1.54, 1.807) is 6.07 Å². The van der Waals surface area contributed by atoms with Crippen molar-refractivity contribution < 1.29 is 9.18 Å². The van der Waals surface area contributed by atoms with E-state index in [9.17, 15) is 9.18 Å². The number of nitrogens with one attached hydrogen (secondary N) is 1. The smallest absolute Gasteiger partial charge is 0.252 e. The predicted octanol–water partition coefficient (Wildman–Crippen LogP) is 4.13. The molecule has 104 valence electrons. The Balaban J connectivity index is 1.96. The minimum absolute atomic E-state index is 0.216. The van der Waals surface area contributed by atoms with E-state index in [1.165, 1.54) is 25.0 Å². The van der Waals surface area contributed by atoms with Gasteiger partial charge in [0, 0.05) is 16.3 Å². The molecule has 0 aliphatic heterocycles. The highest BCUT2D eigenvalue weighted by Gasteiger charge is 2.26. The first-order valence-corrected chi connectivity index (χ1v) is 8.32. The molecule has 1 N–H and O–H groups in total. The molecule has 1 aliphatic carbocycles. The summed E-state index contributed by atoms with van der Waals surface area (Å²) in [6, 6.07) is 4.15. The number of halogens is 3. The molecule has 19 heavy (non-hydrogen) atoms. The Bertz CT molecular complexity index is 467. The zero-order valence-corrected chi connectivity index (χ0v) is 13.6. The molecule has 2 unspecified atom stereocenters. The van der Waals surface area contributed by atoms with Crippen LogP contribution >= 0.6 is 31.9 Å². The Labute approximate surface area is 129 Å². The van der Waals surface area contributed by atoms with Crippen molar-refractivity contribution in [3.63, 3.8) is 0 Å². The molecular formula is C14H16Br2FNO. The van der Waals surface area contributed by atoms with E-state index >= 15 is 0 Å². The summed E-state index contributed by atoms with van der Waals surface area (Å²) in [5, 5.41) is 3.90. The van der Waals surface area contributed by atoms with Gasteiger partial charge in [-0.15, -0.1) is 0 Å². The normalized spacial score (nSPS) is 22.5. The highest BCUT2D eigenvalue weighted by molar-refractivity contribution is 9.10. The van der Waals surface area contributed by atoms with Gasteiger partial charge in [0.1, 0.15) is 5.82 Å². The van der Waals surface area contributed by atoms with Gasteiger partial charge in [0.25, 0.3) is 5.91 Å². The molecule has 1 aromatic carbocycles. The number of carbonyl (C=O) groups is 1. The summed E-state index contributed by atoms with van der Waals surface area (Å²) in [5.74, 6) is 0.547. The first-order valence-electron chi connectivity index (χ1n) is 6.41. The second kappa shape index (κ2) is 6.84. The van der Waals surface area contributed by atoms with Crippen molar-refractivity contribution >= 4 is 37.8 Å². The van der Waals surface area contributed by atoms with Crippen LogP contribution in [0.15, 0.2) is 22.7 Å². The van der Waals surface area contributed by atoms with E-state index in [4.69, 9.17) is 0 Å². The average Bonchev–Trinajstić information content (AvgIpc) is 2.86. The molecule has 0 heterocycles. The third-order valence-electron chi connectivity index (χ3n) is 3.71. The number of hydrogen-bond donors (Lipinski definition) is 1. The monoisotopic (exact) mass is 391 g/mol. The van der Waals surface area contributed by atoms with Crippen LogP contribution in [0.5, 0.6) is 0 Å². The Morgan fingerprint density at radius 3 is 2.84 bits per heavy atom. The molecule has 2 rings (SSSR count). The molecule has 2 atom stereocenters. The highest BCUT2D eigenvalue weighted by atomic mass is 79.9. The quantitative estimate of drug-likeness (QED) is 0.767. The predicted molar refractivity (Wildman–Crippen MR) is 81.1 cm³/mol. The first kappa shape index (κ1) is 15.0. The lowest BCUT2D eigenvalue weighted by Crippen LogP contribution is -2.31. The average molecular weight is 393 g/mol. The Hall–Kier alpha value is -0.420. The van der Waals surface area contributed by atoms with Crippen LogP contribution in [0.25, 0.3) is 0 Å². The number of rotatable bonds is 4. The molecule has 0 aromatic heterocycles. The number of alkyl halides is 1. The summed E-state index contributed by atoms with van der Waals surface area (Å²) in [7, 11) is 0. The zero-order chi connectivity index (χ0) is 13.8. The van der Waals surface area contributed by atoms with E-state index in [2.05, 4.69) is 37.2 Å². The Kier molecular flexibility index (Phi) is 5.39. The highest BCUT2D eigenvalue weighted by Crippen LogP contribution is 2.32. The van der Waals surface area contributed by atoms with Gasteiger partial charge < -0.3 is 5.32 Å². The van der Waals surface area contributed by atoms with Crippen LogP contribution in [0, 0.1) is 17.7 Å². The third-order valence-corrected chi connectivity index (χ3v) is 5.24. The first-order chi connectivity index (χ1) is 9.11. The molecule has 5 heteroatoms. The molecule has 1 saturated carbocycles. The van der Waals surface area contributed by atoms with Crippen LogP contribution in [0.1, 0.15) is 29.6 Å². The lowest BCUT2D eigenvalue weighted by atomic mass is 9.98. The molecule has 2 nitrogen and oxygen atoms in total. The number of hydrogen-bond acceptors (Lipinski definition) is 1. The fourth-order valence-corrected chi connectivity index (χ4v) is 3.86. The van der Waals surface area contributed by atoms with Crippen LogP contribution in [-0.2, 0) is 0 Å². The van der Waals surface area contributed by atoms with Gasteiger partial charge in [-0.25, -0.2) is 4.39 Å². The van der Waals surface area contributed by atoms with Crippen LogP contribution in [-0.4, -0.2) is 17.8 Å². The van der Waals surface area contributed by atoms with Crippen molar-refractivity contribution in [3.05, 3.63) is 34.1 Å². The largest absolute Gasteiger partial charge is 0.352 e. The van der Waals surface area contributed by atoms with E-state index in [0.717, 1.165) is 11.8 Å². The zero-order valence-electron chi connectivity index (χ0n) is 10.5. The minimum Gasteiger partial charge on any atom is -0.352 e. The van der Waals surface area contributed by atoms with Crippen molar-refractivity contribution in [3.8, 4) is 0 Å². The maximum atomic E-state index is 13.2. The molecule has 0 saturated heterocycles. The standard InChI is InChI=1S/C14H16Br2FNO/c15-7-9-2-1-3-10(9)8-18-14(19)12-6-11(17)4-5-13(12)16/h4-6,9-10H,1-3,7-8H2,(H,18,19). The van der Waals surface area contributed by atoms with Crippen molar-refractivity contribution in [2.45, 2.75) is 19.3 Å². The molecule has 0 spiro atoms. The van der Waals surface area contributed by atoms with Gasteiger partial charge in [-0.05, 0) is 58.8 Å². The van der Waals surface area contributed by atoms with Crippen LogP contribution < -0.4 is 5.32 Å². The molecule has 1 aromatic rings. The van der Waals surface area contributed by atoms with Gasteiger partial charge in [0.05, 0.1) is 5.56 Å². The summed E-state index contributed by atoms with van der Waals surface area (Å²) in [6.07, 6.45) is 3.59. The Morgan fingerprint density at radius 1 is 1.37 bits per heavy atom. The molecule has 1 amide bonds. The molecule has 1 fully saturated rings. The van der Waals surface area contributed by atoms with Crippen LogP contribution in [0.3, 0.4) is 0 Å². The van der Waals surface area contributed by atoms with E-state index in [-0.39, 0.29) is 5.91 Å². The maximum absolute atomic E-state index is 13.2. The number of benzene rings is 1. The lowest BCUT2D eigenvalue weighted by Gasteiger charge is -2.18. The lowest BCUT2D eigenvalue weighted by molar-refractivity contribution is 0.0943. The van der Waals surface area contributed by atoms with Crippen molar-refractivity contribution in [2.24, 2.45) is 11.8 Å². The van der Waals surface area contributed by atoms with E-state index in [1.807, 2.05) is 0 Å². The fraction of sp³-hybridized carbons (Fsp3) is 0.500. The van der Waals surface area contributed by atoms with Crippen molar-refractivity contribution in [1.29, 1.82) is 0 Å². The summed E-state index contributed by atoms with van der Waals surface area (Å²) >= 11 is 6.80. The molecule has 0 radical (unpaired) electrons. The second-order valence-electron chi connectivity index (χ2n) is 4.94. The Morgan fingerprint density at radius 2 is 2.11 bits per heavy atom. The van der Waals surface area contributed by atoms with Crippen molar-refractivity contribution in [1.82, 2.24) is 5.32 Å². The number of amides is 1. The van der Waals surface area contributed by atoms with Gasteiger partial charge in [-0.2, -0.15) is 0 Å². The van der Waals surface area contributed by atoms with Crippen LogP contribution in [0.4, 0.5) is 4.39 Å². The van der Waals surface area contributed by atoms with E-state index in [0.29, 0.717) is 28.4 Å². The second-order valence-corrected chi connectivity index (χ2v) is 6.44. The van der Waals surface area contributed by atoms with Gasteiger partial charge in [0.15, 0.2) is 0 Å².